The molecule has 1 aromatic rings. The van der Waals surface area contributed by atoms with Crippen molar-refractivity contribution in [3.05, 3.63) is 17.2 Å². The van der Waals surface area contributed by atoms with Gasteiger partial charge in [0.25, 0.3) is 0 Å². The number of carbonyl (C=O) groups excluding carboxylic acids is 1. The Labute approximate surface area is 101 Å². The summed E-state index contributed by atoms with van der Waals surface area (Å²) in [6, 6.07) is 0. The lowest BCUT2D eigenvalue weighted by Crippen LogP contribution is -2.18. The number of aryl methyl sites for hydroxylation is 1. The highest BCUT2D eigenvalue weighted by atomic mass is 16.5. The second-order valence-electron chi connectivity index (χ2n) is 4.87. The molecule has 0 N–H and O–H groups in total. The van der Waals surface area contributed by atoms with Crippen LogP contribution < -0.4 is 0 Å². The number of rotatable bonds is 3. The quantitative estimate of drug-likeness (QED) is 0.754. The normalized spacial score (nSPS) is 18.9. The van der Waals surface area contributed by atoms with Gasteiger partial charge in [-0.1, -0.05) is 0 Å². The van der Waals surface area contributed by atoms with Gasteiger partial charge >= 0.3 is 5.97 Å². The Morgan fingerprint density at radius 3 is 3.00 bits per heavy atom. The Kier molecular flexibility index (Phi) is 2.65. The van der Waals surface area contributed by atoms with Crippen molar-refractivity contribution in [2.45, 2.75) is 51.5 Å². The maximum atomic E-state index is 12.0. The summed E-state index contributed by atoms with van der Waals surface area (Å²) in [5, 5.41) is 0. The smallest absolute Gasteiger partial charge is 0.356 e. The van der Waals surface area contributed by atoms with E-state index in [1.165, 1.54) is 19.3 Å². The van der Waals surface area contributed by atoms with Crippen LogP contribution >= 0.6 is 0 Å². The fraction of sp³-hybridized carbons (Fsp3) is 0.692. The summed E-state index contributed by atoms with van der Waals surface area (Å²) in [7, 11) is 0. The summed E-state index contributed by atoms with van der Waals surface area (Å²) in [4.78, 5) is 16.7. The third kappa shape index (κ3) is 1.85. The highest BCUT2D eigenvalue weighted by Gasteiger charge is 2.35. The monoisotopic (exact) mass is 234 g/mol. The Morgan fingerprint density at radius 1 is 1.47 bits per heavy atom. The second-order valence-corrected chi connectivity index (χ2v) is 4.87. The van der Waals surface area contributed by atoms with Crippen LogP contribution in [0.25, 0.3) is 0 Å². The first-order valence-corrected chi connectivity index (χ1v) is 6.57. The molecule has 2 aliphatic rings. The maximum Gasteiger partial charge on any atom is 0.356 e. The van der Waals surface area contributed by atoms with Crippen LogP contribution in [0.2, 0.25) is 0 Å². The molecule has 0 unspecified atom stereocenters. The molecule has 1 aromatic heterocycles. The van der Waals surface area contributed by atoms with Gasteiger partial charge in [0.2, 0.25) is 0 Å². The van der Waals surface area contributed by atoms with Gasteiger partial charge in [-0.2, -0.15) is 0 Å². The van der Waals surface area contributed by atoms with Crippen molar-refractivity contribution in [1.82, 2.24) is 9.55 Å². The van der Waals surface area contributed by atoms with Gasteiger partial charge in [0, 0.05) is 18.9 Å². The molecule has 0 saturated heterocycles. The van der Waals surface area contributed by atoms with Crippen LogP contribution in [0.1, 0.15) is 60.5 Å². The average molecular weight is 234 g/mol. The van der Waals surface area contributed by atoms with E-state index in [-0.39, 0.29) is 5.97 Å². The number of esters is 1. The minimum absolute atomic E-state index is 0.185. The van der Waals surface area contributed by atoms with Crippen LogP contribution in [0, 0.1) is 0 Å². The molecule has 1 saturated carbocycles. The highest BCUT2D eigenvalue weighted by molar-refractivity contribution is 5.89. The zero-order valence-electron chi connectivity index (χ0n) is 10.2. The lowest BCUT2D eigenvalue weighted by Gasteiger charge is -2.15. The molecule has 0 amide bonds. The minimum Gasteiger partial charge on any atom is -0.461 e. The van der Waals surface area contributed by atoms with E-state index in [2.05, 4.69) is 9.55 Å². The summed E-state index contributed by atoms with van der Waals surface area (Å²) in [5.41, 5.74) is 1.74. The van der Waals surface area contributed by atoms with Crippen LogP contribution in [0.5, 0.6) is 0 Å². The third-order valence-corrected chi connectivity index (χ3v) is 3.54. The lowest BCUT2D eigenvalue weighted by molar-refractivity contribution is 0.0511. The summed E-state index contributed by atoms with van der Waals surface area (Å²) in [6.07, 6.45) is 5.66. The fourth-order valence-electron chi connectivity index (χ4n) is 2.56. The molecule has 0 bridgehead atoms. The zero-order valence-corrected chi connectivity index (χ0v) is 10.2. The molecule has 2 heterocycles. The van der Waals surface area contributed by atoms with Crippen LogP contribution in [0.3, 0.4) is 0 Å². The van der Waals surface area contributed by atoms with E-state index >= 15 is 0 Å². The number of carbonyl (C=O) groups is 1. The molecule has 0 radical (unpaired) electrons. The van der Waals surface area contributed by atoms with Crippen LogP contribution in [-0.2, 0) is 17.7 Å². The standard InChI is InChI=1S/C13H18N2O2/c1-2-17-13(16)12-11(9-6-7-9)14-10-5-3-4-8-15(10)12/h9H,2-8H2,1H3. The number of hydrogen-bond donors (Lipinski definition) is 0. The van der Waals surface area contributed by atoms with Gasteiger partial charge in [-0.25, -0.2) is 9.78 Å². The van der Waals surface area contributed by atoms with Gasteiger partial charge in [0.15, 0.2) is 5.69 Å². The molecule has 4 nitrogen and oxygen atoms in total. The number of fused-ring (bicyclic) bond motifs is 1. The molecule has 1 fully saturated rings. The van der Waals surface area contributed by atoms with E-state index in [9.17, 15) is 4.79 Å². The van der Waals surface area contributed by atoms with Gasteiger partial charge in [-0.05, 0) is 32.6 Å². The number of aromatic nitrogens is 2. The molecule has 0 spiro atoms. The molecule has 0 atom stereocenters. The molecule has 3 rings (SSSR count). The van der Waals surface area contributed by atoms with Crippen molar-refractivity contribution in [2.75, 3.05) is 6.61 Å². The Hall–Kier alpha value is -1.32. The Bertz CT molecular complexity index is 447. The second kappa shape index (κ2) is 4.17. The van der Waals surface area contributed by atoms with E-state index < -0.39 is 0 Å². The lowest BCUT2D eigenvalue weighted by atomic mass is 10.1. The molecule has 1 aliphatic carbocycles. The molecule has 17 heavy (non-hydrogen) atoms. The van der Waals surface area contributed by atoms with E-state index in [0.717, 1.165) is 36.6 Å². The van der Waals surface area contributed by atoms with E-state index in [4.69, 9.17) is 4.74 Å². The third-order valence-electron chi connectivity index (χ3n) is 3.54. The molecule has 1 aliphatic heterocycles. The topological polar surface area (TPSA) is 44.1 Å². The van der Waals surface area contributed by atoms with Crippen molar-refractivity contribution in [3.63, 3.8) is 0 Å². The van der Waals surface area contributed by atoms with E-state index in [1.807, 2.05) is 6.92 Å². The SMILES string of the molecule is CCOC(=O)c1c(C2CC2)nc2n1CCCC2. The van der Waals surface area contributed by atoms with Crippen LogP contribution in [0.4, 0.5) is 0 Å². The van der Waals surface area contributed by atoms with Gasteiger partial charge < -0.3 is 9.30 Å². The molecule has 92 valence electrons. The first-order chi connectivity index (χ1) is 8.31. The number of imidazole rings is 1. The van der Waals surface area contributed by atoms with Gasteiger partial charge in [0.1, 0.15) is 5.82 Å². The number of hydrogen-bond acceptors (Lipinski definition) is 3. The van der Waals surface area contributed by atoms with Crippen LogP contribution in [0.15, 0.2) is 0 Å². The Balaban J connectivity index is 2.02. The predicted octanol–water partition coefficient (Wildman–Crippen LogP) is 2.27. The zero-order chi connectivity index (χ0) is 11.8. The Morgan fingerprint density at radius 2 is 2.29 bits per heavy atom. The molecular weight excluding hydrogens is 216 g/mol. The van der Waals surface area contributed by atoms with E-state index in [1.54, 1.807) is 0 Å². The van der Waals surface area contributed by atoms with Gasteiger partial charge in [-0.15, -0.1) is 0 Å². The summed E-state index contributed by atoms with van der Waals surface area (Å²) < 4.78 is 7.26. The maximum absolute atomic E-state index is 12.0. The molecule has 0 aromatic carbocycles. The van der Waals surface area contributed by atoms with E-state index in [0.29, 0.717) is 12.5 Å². The van der Waals surface area contributed by atoms with Gasteiger partial charge in [-0.3, -0.25) is 0 Å². The average Bonchev–Trinajstić information content (AvgIpc) is 3.09. The van der Waals surface area contributed by atoms with Crippen molar-refractivity contribution in [1.29, 1.82) is 0 Å². The predicted molar refractivity (Wildman–Crippen MR) is 63.1 cm³/mol. The summed E-state index contributed by atoms with van der Waals surface area (Å²) in [6.45, 7) is 3.20. The summed E-state index contributed by atoms with van der Waals surface area (Å²) in [5.74, 6) is 1.41. The fourth-order valence-corrected chi connectivity index (χ4v) is 2.56. The largest absolute Gasteiger partial charge is 0.461 e. The highest BCUT2D eigenvalue weighted by Crippen LogP contribution is 2.42. The first kappa shape index (κ1) is 10.8. The molecule has 4 heteroatoms. The summed E-state index contributed by atoms with van der Waals surface area (Å²) >= 11 is 0. The minimum atomic E-state index is -0.185. The molecular formula is C13H18N2O2. The van der Waals surface area contributed by atoms with Crippen LogP contribution in [-0.4, -0.2) is 22.1 Å². The first-order valence-electron chi connectivity index (χ1n) is 6.57. The van der Waals surface area contributed by atoms with Crippen molar-refractivity contribution >= 4 is 5.97 Å². The number of nitrogens with zero attached hydrogens (tertiary/aromatic N) is 2. The van der Waals surface area contributed by atoms with Crippen molar-refractivity contribution in [2.24, 2.45) is 0 Å². The van der Waals surface area contributed by atoms with Gasteiger partial charge in [0.05, 0.1) is 12.3 Å². The van der Waals surface area contributed by atoms with Crippen molar-refractivity contribution in [3.8, 4) is 0 Å². The van der Waals surface area contributed by atoms with Crippen molar-refractivity contribution < 1.29 is 9.53 Å². The number of ether oxygens (including phenoxy) is 1.